The van der Waals surface area contributed by atoms with Crippen LogP contribution in [-0.4, -0.2) is 43.5 Å². The van der Waals surface area contributed by atoms with Crippen molar-refractivity contribution in [1.82, 2.24) is 10.2 Å². The summed E-state index contributed by atoms with van der Waals surface area (Å²) < 4.78 is 9.84. The Morgan fingerprint density at radius 1 is 1.27 bits per heavy atom. The summed E-state index contributed by atoms with van der Waals surface area (Å²) in [7, 11) is 1.38. The lowest BCUT2D eigenvalue weighted by Crippen LogP contribution is -2.40. The molecule has 1 saturated heterocycles. The number of carbonyl (C=O) groups excluding carboxylic acids is 2. The highest BCUT2D eigenvalue weighted by Crippen LogP contribution is 2.18. The summed E-state index contributed by atoms with van der Waals surface area (Å²) in [5.41, 5.74) is 1.73. The summed E-state index contributed by atoms with van der Waals surface area (Å²) in [6.45, 7) is 3.47. The maximum Gasteiger partial charge on any atom is 0.337 e. The first kappa shape index (κ1) is 18.2. The zero-order valence-electron chi connectivity index (χ0n) is 14.9. The quantitative estimate of drug-likeness (QED) is 0.806. The van der Waals surface area contributed by atoms with Crippen molar-refractivity contribution in [3.05, 3.63) is 59.5 Å². The maximum absolute atomic E-state index is 12.0. The third kappa shape index (κ3) is 4.73. The Hall–Kier alpha value is -2.60. The van der Waals surface area contributed by atoms with E-state index in [0.717, 1.165) is 38.0 Å². The average Bonchev–Trinajstić information content (AvgIpc) is 3.21. The van der Waals surface area contributed by atoms with Crippen LogP contribution in [0.4, 0.5) is 0 Å². The first-order chi connectivity index (χ1) is 12.7. The van der Waals surface area contributed by atoms with Crippen LogP contribution in [0.1, 0.15) is 39.3 Å². The maximum atomic E-state index is 12.0. The summed E-state index contributed by atoms with van der Waals surface area (Å²) >= 11 is 0. The number of hydrogen-bond donors (Lipinski definition) is 1. The van der Waals surface area contributed by atoms with Crippen LogP contribution in [-0.2, 0) is 11.3 Å². The lowest BCUT2D eigenvalue weighted by atomic mass is 9.97. The molecule has 1 fully saturated rings. The van der Waals surface area contributed by atoms with Gasteiger partial charge in [0.05, 0.1) is 18.9 Å². The number of methoxy groups -OCH3 is 1. The summed E-state index contributed by atoms with van der Waals surface area (Å²) in [4.78, 5) is 25.9. The summed E-state index contributed by atoms with van der Waals surface area (Å²) in [6.07, 6.45) is 3.72. The van der Waals surface area contributed by atoms with Crippen LogP contribution < -0.4 is 5.32 Å². The molecule has 1 N–H and O–H groups in total. The van der Waals surface area contributed by atoms with E-state index < -0.39 is 0 Å². The normalized spacial score (nSPS) is 17.7. The van der Waals surface area contributed by atoms with Gasteiger partial charge in [0.2, 0.25) is 0 Å². The lowest BCUT2D eigenvalue weighted by molar-refractivity contribution is 0.0600. The van der Waals surface area contributed by atoms with Crippen molar-refractivity contribution >= 4 is 11.9 Å². The number of likely N-dealkylation sites (tertiary alicyclic amines) is 1. The molecule has 0 spiro atoms. The molecule has 6 heteroatoms. The Morgan fingerprint density at radius 2 is 2.08 bits per heavy atom. The fourth-order valence-corrected chi connectivity index (χ4v) is 3.32. The highest BCUT2D eigenvalue weighted by atomic mass is 16.5. The van der Waals surface area contributed by atoms with Crippen molar-refractivity contribution in [2.75, 3.05) is 26.7 Å². The van der Waals surface area contributed by atoms with E-state index in [-0.39, 0.29) is 11.9 Å². The van der Waals surface area contributed by atoms with Gasteiger partial charge in [-0.3, -0.25) is 9.69 Å². The van der Waals surface area contributed by atoms with Crippen LogP contribution in [0.25, 0.3) is 0 Å². The third-order valence-electron chi connectivity index (χ3n) is 4.68. The predicted octanol–water partition coefficient (Wildman–Crippen LogP) is 2.71. The molecule has 3 rings (SSSR count). The number of rotatable bonds is 6. The first-order valence-electron chi connectivity index (χ1n) is 8.87. The van der Waals surface area contributed by atoms with Crippen LogP contribution >= 0.6 is 0 Å². The van der Waals surface area contributed by atoms with Gasteiger partial charge in [-0.2, -0.15) is 0 Å². The predicted molar refractivity (Wildman–Crippen MR) is 96.8 cm³/mol. The molecule has 1 aliphatic rings. The summed E-state index contributed by atoms with van der Waals surface area (Å²) in [6, 6.07) is 10.9. The van der Waals surface area contributed by atoms with Crippen molar-refractivity contribution in [2.45, 2.75) is 19.4 Å². The molecule has 1 aromatic heterocycles. The molecule has 2 aromatic rings. The molecular weight excluding hydrogens is 332 g/mol. The SMILES string of the molecule is COC(=O)c1ccc(CN2CCCC(CNC(=O)c3ccco3)C2)cc1. The molecule has 2 heterocycles. The lowest BCUT2D eigenvalue weighted by Gasteiger charge is -2.32. The summed E-state index contributed by atoms with van der Waals surface area (Å²) in [5, 5.41) is 2.95. The molecule has 1 atom stereocenters. The van der Waals surface area contributed by atoms with Crippen LogP contribution in [0.2, 0.25) is 0 Å². The van der Waals surface area contributed by atoms with Gasteiger partial charge >= 0.3 is 5.97 Å². The van der Waals surface area contributed by atoms with E-state index in [4.69, 9.17) is 9.15 Å². The van der Waals surface area contributed by atoms with E-state index >= 15 is 0 Å². The molecule has 0 bridgehead atoms. The molecule has 0 saturated carbocycles. The van der Waals surface area contributed by atoms with E-state index in [1.165, 1.54) is 13.4 Å². The van der Waals surface area contributed by atoms with Gasteiger partial charge < -0.3 is 14.5 Å². The Bertz CT molecular complexity index is 725. The highest BCUT2D eigenvalue weighted by Gasteiger charge is 2.21. The number of furan rings is 1. The zero-order chi connectivity index (χ0) is 18.4. The second kappa shape index (κ2) is 8.67. The third-order valence-corrected chi connectivity index (χ3v) is 4.68. The minimum Gasteiger partial charge on any atom is -0.465 e. The fourth-order valence-electron chi connectivity index (χ4n) is 3.32. The van der Waals surface area contributed by atoms with Crippen LogP contribution in [0.5, 0.6) is 0 Å². The van der Waals surface area contributed by atoms with Crippen molar-refractivity contribution < 1.29 is 18.7 Å². The zero-order valence-corrected chi connectivity index (χ0v) is 14.9. The molecule has 26 heavy (non-hydrogen) atoms. The van der Waals surface area contributed by atoms with Crippen molar-refractivity contribution in [2.24, 2.45) is 5.92 Å². The number of benzene rings is 1. The van der Waals surface area contributed by atoms with E-state index in [2.05, 4.69) is 10.2 Å². The van der Waals surface area contributed by atoms with Gasteiger partial charge in [-0.25, -0.2) is 4.79 Å². The van der Waals surface area contributed by atoms with Crippen molar-refractivity contribution in [3.8, 4) is 0 Å². The highest BCUT2D eigenvalue weighted by molar-refractivity contribution is 5.91. The number of hydrogen-bond acceptors (Lipinski definition) is 5. The van der Waals surface area contributed by atoms with E-state index in [1.807, 2.05) is 12.1 Å². The topological polar surface area (TPSA) is 71.8 Å². The van der Waals surface area contributed by atoms with E-state index in [9.17, 15) is 9.59 Å². The number of piperidine rings is 1. The molecular formula is C20H24N2O4. The molecule has 138 valence electrons. The van der Waals surface area contributed by atoms with E-state index in [0.29, 0.717) is 23.8 Å². The minimum absolute atomic E-state index is 0.162. The van der Waals surface area contributed by atoms with E-state index in [1.54, 1.807) is 24.3 Å². The van der Waals surface area contributed by atoms with Gasteiger partial charge in [0.25, 0.3) is 5.91 Å². The Kier molecular flexibility index (Phi) is 6.07. The number of esters is 1. The van der Waals surface area contributed by atoms with Gasteiger partial charge in [-0.05, 0) is 55.1 Å². The number of ether oxygens (including phenoxy) is 1. The Balaban J connectivity index is 1.49. The molecule has 0 aliphatic carbocycles. The van der Waals surface area contributed by atoms with Gasteiger partial charge in [0.1, 0.15) is 0 Å². The molecule has 6 nitrogen and oxygen atoms in total. The van der Waals surface area contributed by atoms with Gasteiger partial charge in [-0.1, -0.05) is 12.1 Å². The molecule has 1 aliphatic heterocycles. The van der Waals surface area contributed by atoms with Crippen LogP contribution in [0, 0.1) is 5.92 Å². The van der Waals surface area contributed by atoms with Crippen LogP contribution in [0.3, 0.4) is 0 Å². The van der Waals surface area contributed by atoms with Crippen molar-refractivity contribution in [3.63, 3.8) is 0 Å². The number of nitrogens with one attached hydrogen (secondary N) is 1. The Morgan fingerprint density at radius 3 is 2.77 bits per heavy atom. The monoisotopic (exact) mass is 356 g/mol. The number of carbonyl (C=O) groups is 2. The van der Waals surface area contributed by atoms with Crippen molar-refractivity contribution in [1.29, 1.82) is 0 Å². The second-order valence-electron chi connectivity index (χ2n) is 6.62. The van der Waals surface area contributed by atoms with Crippen LogP contribution in [0.15, 0.2) is 47.1 Å². The van der Waals surface area contributed by atoms with Gasteiger partial charge in [0.15, 0.2) is 5.76 Å². The van der Waals surface area contributed by atoms with Gasteiger partial charge in [-0.15, -0.1) is 0 Å². The molecule has 0 radical (unpaired) electrons. The number of nitrogens with zero attached hydrogens (tertiary/aromatic N) is 1. The average molecular weight is 356 g/mol. The standard InChI is InChI=1S/C20H24N2O4/c1-25-20(24)17-8-6-15(7-9-17)13-22-10-2-4-16(14-22)12-21-19(23)18-5-3-11-26-18/h3,5-9,11,16H,2,4,10,12-14H2,1H3,(H,21,23). The number of amides is 1. The smallest absolute Gasteiger partial charge is 0.337 e. The summed E-state index contributed by atoms with van der Waals surface area (Å²) in [5.74, 6) is 0.299. The minimum atomic E-state index is -0.318. The van der Waals surface area contributed by atoms with Gasteiger partial charge in [0, 0.05) is 19.6 Å². The molecule has 1 aromatic carbocycles. The first-order valence-corrected chi connectivity index (χ1v) is 8.87. The molecule has 1 unspecified atom stereocenters. The largest absolute Gasteiger partial charge is 0.465 e. The Labute approximate surface area is 153 Å². The fraction of sp³-hybridized carbons (Fsp3) is 0.400. The second-order valence-corrected chi connectivity index (χ2v) is 6.62. The molecule has 1 amide bonds.